The molecule has 0 aliphatic carbocycles. The maximum atomic E-state index is 13.6. The molecule has 0 spiro atoms. The highest BCUT2D eigenvalue weighted by Gasteiger charge is 2.30. The molecule has 38 heavy (non-hydrogen) atoms. The number of benzene rings is 2. The highest BCUT2D eigenvalue weighted by molar-refractivity contribution is 7.89. The fraction of sp³-hybridized carbons (Fsp3) is 0.269. The largest absolute Gasteiger partial charge is 0.385 e. The number of halogens is 1. The first-order valence-corrected chi connectivity index (χ1v) is 13.7. The minimum Gasteiger partial charge on any atom is -0.385 e. The second-order valence-corrected chi connectivity index (χ2v) is 11.1. The van der Waals surface area contributed by atoms with Gasteiger partial charge in [-0.2, -0.15) is 9.71 Å². The van der Waals surface area contributed by atoms with Gasteiger partial charge >= 0.3 is 0 Å². The lowest BCUT2D eigenvalue weighted by molar-refractivity contribution is -0.132. The smallest absolute Gasteiger partial charge is 0.243 e. The van der Waals surface area contributed by atoms with Crippen LogP contribution in [-0.4, -0.2) is 47.0 Å². The first-order valence-electron chi connectivity index (χ1n) is 11.9. The lowest BCUT2D eigenvalue weighted by Gasteiger charge is -2.25. The van der Waals surface area contributed by atoms with Crippen LogP contribution in [0.5, 0.6) is 0 Å². The molecular formula is C26H29ClN6O4S. The second kappa shape index (κ2) is 11.4. The number of likely N-dealkylation sites (N-methyl/N-ethyl adjacent to an activating group) is 1. The topological polar surface area (TPSA) is 136 Å². The quantitative estimate of drug-likeness (QED) is 0.303. The molecule has 3 N–H and O–H groups in total. The van der Waals surface area contributed by atoms with Gasteiger partial charge in [-0.3, -0.25) is 4.79 Å². The molecule has 2 heterocycles. The maximum absolute atomic E-state index is 13.6. The summed E-state index contributed by atoms with van der Waals surface area (Å²) in [4.78, 5) is 19.3. The SMILES string of the molecule is Cc1nc(-c2cccc(CN(C)C(=O)C(CCn3cccc3N)NS(=O)(=O)c3c(C)cccc3Cl)c2)no1. The lowest BCUT2D eigenvalue weighted by Crippen LogP contribution is -2.47. The Balaban J connectivity index is 1.57. The van der Waals surface area contributed by atoms with Crippen molar-refractivity contribution in [3.05, 3.63) is 82.8 Å². The zero-order valence-corrected chi connectivity index (χ0v) is 22.8. The van der Waals surface area contributed by atoms with Crippen LogP contribution in [0.2, 0.25) is 5.02 Å². The number of sulfonamides is 1. The van der Waals surface area contributed by atoms with E-state index in [1.165, 1.54) is 11.0 Å². The van der Waals surface area contributed by atoms with E-state index >= 15 is 0 Å². The molecule has 200 valence electrons. The Hall–Kier alpha value is -3.67. The number of aryl methyl sites for hydroxylation is 3. The number of nitrogens with one attached hydrogen (secondary N) is 1. The van der Waals surface area contributed by atoms with Gasteiger partial charge in [-0.25, -0.2) is 8.42 Å². The molecule has 0 aliphatic rings. The van der Waals surface area contributed by atoms with E-state index in [2.05, 4.69) is 14.9 Å². The minimum atomic E-state index is -4.11. The van der Waals surface area contributed by atoms with Crippen molar-refractivity contribution in [1.82, 2.24) is 24.3 Å². The zero-order valence-electron chi connectivity index (χ0n) is 21.3. The molecule has 2 aromatic carbocycles. The highest BCUT2D eigenvalue weighted by Crippen LogP contribution is 2.25. The summed E-state index contributed by atoms with van der Waals surface area (Å²) in [5.41, 5.74) is 8.02. The van der Waals surface area contributed by atoms with E-state index in [4.69, 9.17) is 21.9 Å². The van der Waals surface area contributed by atoms with E-state index < -0.39 is 22.0 Å². The van der Waals surface area contributed by atoms with Gasteiger partial charge in [0.15, 0.2) is 0 Å². The van der Waals surface area contributed by atoms with Crippen molar-refractivity contribution in [2.24, 2.45) is 0 Å². The zero-order chi connectivity index (χ0) is 27.4. The van der Waals surface area contributed by atoms with Gasteiger partial charge in [0.1, 0.15) is 16.8 Å². The van der Waals surface area contributed by atoms with E-state index in [0.29, 0.717) is 29.6 Å². The fourth-order valence-corrected chi connectivity index (χ4v) is 6.23. The Kier molecular flexibility index (Phi) is 8.20. The van der Waals surface area contributed by atoms with Gasteiger partial charge in [0, 0.05) is 38.8 Å². The van der Waals surface area contributed by atoms with Gasteiger partial charge in [-0.05, 0) is 48.7 Å². The van der Waals surface area contributed by atoms with Crippen LogP contribution in [0.1, 0.15) is 23.4 Å². The molecule has 0 saturated heterocycles. The summed E-state index contributed by atoms with van der Waals surface area (Å²) in [6, 6.07) is 14.7. The molecule has 0 radical (unpaired) electrons. The number of aromatic nitrogens is 3. The minimum absolute atomic E-state index is 0.0503. The number of carbonyl (C=O) groups is 1. The Morgan fingerprint density at radius 2 is 1.95 bits per heavy atom. The molecule has 12 heteroatoms. The van der Waals surface area contributed by atoms with E-state index in [0.717, 1.165) is 11.1 Å². The Labute approximate surface area is 226 Å². The van der Waals surface area contributed by atoms with Crippen LogP contribution < -0.4 is 10.5 Å². The Morgan fingerprint density at radius 1 is 1.18 bits per heavy atom. The van der Waals surface area contributed by atoms with Gasteiger partial charge in [0.2, 0.25) is 27.6 Å². The summed E-state index contributed by atoms with van der Waals surface area (Å²) in [5.74, 6) is 1.01. The molecule has 4 rings (SSSR count). The highest BCUT2D eigenvalue weighted by atomic mass is 35.5. The van der Waals surface area contributed by atoms with Crippen LogP contribution in [0.3, 0.4) is 0 Å². The van der Waals surface area contributed by atoms with Crippen molar-refractivity contribution in [2.45, 2.75) is 44.3 Å². The number of nitrogens with two attached hydrogens (primary N) is 1. The van der Waals surface area contributed by atoms with Crippen molar-refractivity contribution in [2.75, 3.05) is 12.8 Å². The Bertz CT molecular complexity index is 1530. The van der Waals surface area contributed by atoms with E-state index in [1.54, 1.807) is 55.9 Å². The lowest BCUT2D eigenvalue weighted by atomic mass is 10.1. The molecule has 1 amide bonds. The van der Waals surface area contributed by atoms with Gasteiger partial charge in [0.05, 0.1) is 5.02 Å². The van der Waals surface area contributed by atoms with Crippen molar-refractivity contribution >= 4 is 33.3 Å². The maximum Gasteiger partial charge on any atom is 0.243 e. The van der Waals surface area contributed by atoms with Gasteiger partial charge in [-0.1, -0.05) is 47.1 Å². The predicted octanol–water partition coefficient (Wildman–Crippen LogP) is 3.79. The average Bonchev–Trinajstić information content (AvgIpc) is 3.49. The summed E-state index contributed by atoms with van der Waals surface area (Å²) < 4.78 is 36.2. The molecule has 2 aromatic heterocycles. The first-order chi connectivity index (χ1) is 18.0. The molecule has 0 fully saturated rings. The summed E-state index contributed by atoms with van der Waals surface area (Å²) in [6.07, 6.45) is 1.95. The summed E-state index contributed by atoms with van der Waals surface area (Å²) in [5, 5.41) is 4.03. The van der Waals surface area contributed by atoms with E-state index in [1.807, 2.05) is 24.3 Å². The van der Waals surface area contributed by atoms with E-state index in [9.17, 15) is 13.2 Å². The third kappa shape index (κ3) is 6.24. The summed E-state index contributed by atoms with van der Waals surface area (Å²) in [7, 11) is -2.49. The van der Waals surface area contributed by atoms with E-state index in [-0.39, 0.29) is 22.9 Å². The Morgan fingerprint density at radius 3 is 2.61 bits per heavy atom. The average molecular weight is 557 g/mol. The van der Waals surface area contributed by atoms with Crippen LogP contribution >= 0.6 is 11.6 Å². The van der Waals surface area contributed by atoms with Gasteiger partial charge in [0.25, 0.3) is 0 Å². The van der Waals surface area contributed by atoms with Crippen molar-refractivity contribution < 1.29 is 17.7 Å². The van der Waals surface area contributed by atoms with Crippen molar-refractivity contribution in [3.8, 4) is 11.4 Å². The number of carbonyl (C=O) groups excluding carboxylic acids is 1. The van der Waals surface area contributed by atoms with Crippen LogP contribution in [0.25, 0.3) is 11.4 Å². The van der Waals surface area contributed by atoms with Gasteiger partial charge < -0.3 is 19.7 Å². The molecule has 4 aromatic rings. The number of rotatable bonds is 10. The molecule has 10 nitrogen and oxygen atoms in total. The number of nitrogens with zero attached hydrogens (tertiary/aromatic N) is 4. The number of nitrogen functional groups attached to an aromatic ring is 1. The molecular weight excluding hydrogens is 528 g/mol. The molecule has 0 bridgehead atoms. The van der Waals surface area contributed by atoms with Crippen molar-refractivity contribution in [3.63, 3.8) is 0 Å². The van der Waals surface area contributed by atoms with Crippen LogP contribution in [0.4, 0.5) is 5.82 Å². The van der Waals surface area contributed by atoms with Gasteiger partial charge in [-0.15, -0.1) is 0 Å². The number of amides is 1. The third-order valence-electron chi connectivity index (χ3n) is 6.06. The monoisotopic (exact) mass is 556 g/mol. The second-order valence-electron chi connectivity index (χ2n) is 9.01. The summed E-state index contributed by atoms with van der Waals surface area (Å²) >= 11 is 6.24. The third-order valence-corrected chi connectivity index (χ3v) is 8.16. The first kappa shape index (κ1) is 27.4. The fourth-order valence-electron chi connectivity index (χ4n) is 4.18. The number of hydrogen-bond donors (Lipinski definition) is 2. The summed E-state index contributed by atoms with van der Waals surface area (Å²) in [6.45, 7) is 3.93. The normalized spacial score (nSPS) is 12.4. The molecule has 0 aliphatic heterocycles. The molecule has 1 unspecified atom stereocenters. The number of anilines is 1. The van der Waals surface area contributed by atoms with Crippen LogP contribution in [-0.2, 0) is 27.9 Å². The molecule has 1 atom stereocenters. The predicted molar refractivity (Wildman–Crippen MR) is 145 cm³/mol. The molecule has 0 saturated carbocycles. The van der Waals surface area contributed by atoms with Crippen LogP contribution in [0, 0.1) is 13.8 Å². The van der Waals surface area contributed by atoms with Crippen LogP contribution in [0.15, 0.2) is 70.2 Å². The number of hydrogen-bond acceptors (Lipinski definition) is 7. The standard InChI is InChI=1S/C26H29ClN6O4S/c1-17-7-4-10-21(27)24(17)38(35,36)31-22(12-14-33-13-6-11-23(33)28)26(34)32(3)16-19-8-5-9-20(15-19)25-29-18(2)37-30-25/h4-11,13,15,22,31H,12,14,16,28H2,1-3H3. The van der Waals surface area contributed by atoms with Crippen molar-refractivity contribution in [1.29, 1.82) is 0 Å².